The van der Waals surface area contributed by atoms with Gasteiger partial charge >= 0.3 is 0 Å². The second-order valence-electron chi connectivity index (χ2n) is 4.38. The summed E-state index contributed by atoms with van der Waals surface area (Å²) in [5.41, 5.74) is 0.497. The van der Waals surface area contributed by atoms with Crippen molar-refractivity contribution >= 4 is 21.6 Å². The van der Waals surface area contributed by atoms with E-state index in [0.29, 0.717) is 11.4 Å². The number of amides is 1. The van der Waals surface area contributed by atoms with E-state index >= 15 is 0 Å². The fourth-order valence-electron chi connectivity index (χ4n) is 1.70. The number of ether oxygens (including phenoxy) is 1. The van der Waals surface area contributed by atoms with Crippen molar-refractivity contribution in [3.8, 4) is 5.75 Å². The summed E-state index contributed by atoms with van der Waals surface area (Å²) in [5, 5.41) is 2.63. The summed E-state index contributed by atoms with van der Waals surface area (Å²) < 4.78 is 30.7. The van der Waals surface area contributed by atoms with Crippen molar-refractivity contribution in [1.82, 2.24) is 4.72 Å². The zero-order valence-corrected chi connectivity index (χ0v) is 12.8. The number of benzene rings is 2. The molecule has 6 nitrogen and oxygen atoms in total. The van der Waals surface area contributed by atoms with E-state index in [1.807, 2.05) is 18.2 Å². The van der Waals surface area contributed by atoms with Gasteiger partial charge in [0, 0.05) is 5.69 Å². The minimum absolute atomic E-state index is 0.124. The highest BCUT2D eigenvalue weighted by molar-refractivity contribution is 7.89. The molecule has 0 aliphatic heterocycles. The predicted octanol–water partition coefficient (Wildman–Crippen LogP) is 1.61. The number of carbonyl (C=O) groups excluding carboxylic acids is 1. The molecule has 0 atom stereocenters. The quantitative estimate of drug-likeness (QED) is 0.847. The molecule has 2 N–H and O–H groups in total. The molecule has 0 heterocycles. The van der Waals surface area contributed by atoms with Crippen LogP contribution in [0.2, 0.25) is 0 Å². The van der Waals surface area contributed by atoms with Crippen molar-refractivity contribution < 1.29 is 17.9 Å². The monoisotopic (exact) mass is 320 g/mol. The molecule has 0 fully saturated rings. The molecule has 0 aromatic heterocycles. The maximum Gasteiger partial charge on any atom is 0.262 e. The molecule has 0 aliphatic rings. The summed E-state index contributed by atoms with van der Waals surface area (Å²) in [4.78, 5) is 11.9. The summed E-state index contributed by atoms with van der Waals surface area (Å²) in [6, 6.07) is 14.9. The van der Waals surface area contributed by atoms with Crippen molar-refractivity contribution in [1.29, 1.82) is 0 Å². The van der Waals surface area contributed by atoms with Crippen LogP contribution in [0.25, 0.3) is 0 Å². The van der Waals surface area contributed by atoms with Gasteiger partial charge in [-0.05, 0) is 43.4 Å². The lowest BCUT2D eigenvalue weighted by Gasteiger charge is -2.08. The van der Waals surface area contributed by atoms with Gasteiger partial charge in [-0.25, -0.2) is 13.1 Å². The Labute approximate surface area is 129 Å². The van der Waals surface area contributed by atoms with Gasteiger partial charge in [-0.2, -0.15) is 0 Å². The van der Waals surface area contributed by atoms with Crippen LogP contribution in [0.4, 0.5) is 5.69 Å². The molecule has 7 heteroatoms. The molecule has 0 aliphatic carbocycles. The molecule has 0 spiro atoms. The van der Waals surface area contributed by atoms with E-state index in [1.54, 1.807) is 12.1 Å². The van der Waals surface area contributed by atoms with Gasteiger partial charge in [0.1, 0.15) is 5.75 Å². The normalized spacial score (nSPS) is 11.0. The van der Waals surface area contributed by atoms with E-state index < -0.39 is 10.0 Å². The van der Waals surface area contributed by atoms with Crippen molar-refractivity contribution in [2.75, 3.05) is 19.0 Å². The first-order chi connectivity index (χ1) is 10.5. The lowest BCUT2D eigenvalue weighted by atomic mass is 10.3. The van der Waals surface area contributed by atoms with Crippen LogP contribution in [0.3, 0.4) is 0 Å². The summed E-state index contributed by atoms with van der Waals surface area (Å²) >= 11 is 0. The van der Waals surface area contributed by atoms with E-state index in [0.717, 1.165) is 0 Å². The largest absolute Gasteiger partial charge is 0.484 e. The molecule has 0 saturated carbocycles. The SMILES string of the molecule is CNS(=O)(=O)c1ccc(NC(=O)COc2ccccc2)cc1. The van der Waals surface area contributed by atoms with E-state index in [1.165, 1.54) is 31.3 Å². The summed E-state index contributed by atoms with van der Waals surface area (Å²) in [6.07, 6.45) is 0. The van der Waals surface area contributed by atoms with Crippen LogP contribution in [-0.2, 0) is 14.8 Å². The Morgan fingerprint density at radius 3 is 2.27 bits per heavy atom. The standard InChI is InChI=1S/C15H16N2O4S/c1-16-22(19,20)14-9-7-12(8-10-14)17-15(18)11-21-13-5-3-2-4-6-13/h2-10,16H,11H2,1H3,(H,17,18). The number of hydrogen-bond acceptors (Lipinski definition) is 4. The second-order valence-corrected chi connectivity index (χ2v) is 6.27. The lowest BCUT2D eigenvalue weighted by Crippen LogP contribution is -2.20. The zero-order chi connectivity index (χ0) is 16.0. The third-order valence-electron chi connectivity index (χ3n) is 2.83. The van der Waals surface area contributed by atoms with Crippen molar-refractivity contribution in [3.05, 3.63) is 54.6 Å². The minimum Gasteiger partial charge on any atom is -0.484 e. The van der Waals surface area contributed by atoms with E-state index in [2.05, 4.69) is 10.0 Å². The fraction of sp³-hybridized carbons (Fsp3) is 0.133. The molecule has 2 aromatic carbocycles. The van der Waals surface area contributed by atoms with Crippen LogP contribution in [-0.4, -0.2) is 28.0 Å². The van der Waals surface area contributed by atoms with Gasteiger partial charge in [0.15, 0.2) is 6.61 Å². The number of para-hydroxylation sites is 1. The molecule has 0 unspecified atom stereocenters. The van der Waals surface area contributed by atoms with Crippen LogP contribution in [0.1, 0.15) is 0 Å². The Bertz CT molecular complexity index is 728. The highest BCUT2D eigenvalue weighted by Crippen LogP contribution is 2.14. The number of nitrogens with one attached hydrogen (secondary N) is 2. The van der Waals surface area contributed by atoms with Crippen LogP contribution >= 0.6 is 0 Å². The molecular formula is C15H16N2O4S. The van der Waals surface area contributed by atoms with Crippen molar-refractivity contribution in [2.24, 2.45) is 0 Å². The fourth-order valence-corrected chi connectivity index (χ4v) is 2.43. The lowest BCUT2D eigenvalue weighted by molar-refractivity contribution is -0.118. The van der Waals surface area contributed by atoms with Crippen LogP contribution in [0.5, 0.6) is 5.75 Å². The predicted molar refractivity (Wildman–Crippen MR) is 83.3 cm³/mol. The first-order valence-corrected chi connectivity index (χ1v) is 8.01. The second kappa shape index (κ2) is 7.06. The van der Waals surface area contributed by atoms with E-state index in [9.17, 15) is 13.2 Å². The van der Waals surface area contributed by atoms with E-state index in [-0.39, 0.29) is 17.4 Å². The minimum atomic E-state index is -3.48. The third-order valence-corrected chi connectivity index (χ3v) is 4.26. The van der Waals surface area contributed by atoms with Crippen LogP contribution < -0.4 is 14.8 Å². The van der Waals surface area contributed by atoms with Crippen LogP contribution in [0.15, 0.2) is 59.5 Å². The van der Waals surface area contributed by atoms with Crippen LogP contribution in [0, 0.1) is 0 Å². The summed E-state index contributed by atoms with van der Waals surface area (Å²) in [6.45, 7) is -0.124. The Hall–Kier alpha value is -2.38. The van der Waals surface area contributed by atoms with Gasteiger partial charge < -0.3 is 10.1 Å². The van der Waals surface area contributed by atoms with Gasteiger partial charge in [-0.15, -0.1) is 0 Å². The molecule has 0 bridgehead atoms. The Morgan fingerprint density at radius 2 is 1.68 bits per heavy atom. The smallest absolute Gasteiger partial charge is 0.262 e. The number of carbonyl (C=O) groups is 1. The molecule has 116 valence electrons. The number of rotatable bonds is 6. The molecule has 22 heavy (non-hydrogen) atoms. The molecule has 0 radical (unpaired) electrons. The van der Waals surface area contributed by atoms with Gasteiger partial charge in [0.25, 0.3) is 5.91 Å². The number of hydrogen-bond donors (Lipinski definition) is 2. The maximum atomic E-state index is 11.8. The molecule has 1 amide bonds. The van der Waals surface area contributed by atoms with Gasteiger partial charge in [-0.3, -0.25) is 4.79 Å². The first-order valence-electron chi connectivity index (χ1n) is 6.52. The molecular weight excluding hydrogens is 304 g/mol. The molecule has 2 aromatic rings. The highest BCUT2D eigenvalue weighted by Gasteiger charge is 2.11. The Balaban J connectivity index is 1.92. The molecule has 2 rings (SSSR count). The Morgan fingerprint density at radius 1 is 1.05 bits per heavy atom. The number of sulfonamides is 1. The summed E-state index contributed by atoms with van der Waals surface area (Å²) in [7, 11) is -2.14. The summed E-state index contributed by atoms with van der Waals surface area (Å²) in [5.74, 6) is 0.279. The van der Waals surface area contributed by atoms with Crippen molar-refractivity contribution in [3.63, 3.8) is 0 Å². The highest BCUT2D eigenvalue weighted by atomic mass is 32.2. The van der Waals surface area contributed by atoms with Gasteiger partial charge in [0.2, 0.25) is 10.0 Å². The maximum absolute atomic E-state index is 11.8. The molecule has 0 saturated heterocycles. The zero-order valence-electron chi connectivity index (χ0n) is 11.9. The third kappa shape index (κ3) is 4.31. The number of anilines is 1. The first kappa shape index (κ1) is 16.0. The van der Waals surface area contributed by atoms with Crippen molar-refractivity contribution in [2.45, 2.75) is 4.90 Å². The van der Waals surface area contributed by atoms with E-state index in [4.69, 9.17) is 4.74 Å². The van der Waals surface area contributed by atoms with Gasteiger partial charge in [-0.1, -0.05) is 18.2 Å². The average Bonchev–Trinajstić information content (AvgIpc) is 2.54. The Kier molecular flexibility index (Phi) is 5.13. The average molecular weight is 320 g/mol. The van der Waals surface area contributed by atoms with Gasteiger partial charge in [0.05, 0.1) is 4.90 Å². The topological polar surface area (TPSA) is 84.5 Å².